The Kier molecular flexibility index (Phi) is 6.45. The Morgan fingerprint density at radius 3 is 2.40 bits per heavy atom. The number of aryl methyl sites for hydroxylation is 1. The lowest BCUT2D eigenvalue weighted by atomic mass is 10.1. The molecule has 2 N–H and O–H groups in total. The van der Waals surface area contributed by atoms with E-state index in [9.17, 15) is 8.42 Å². The van der Waals surface area contributed by atoms with Gasteiger partial charge in [0.15, 0.2) is 15.8 Å². The summed E-state index contributed by atoms with van der Waals surface area (Å²) in [5, 5.41) is 7.12. The summed E-state index contributed by atoms with van der Waals surface area (Å²) < 4.78 is 23.3. The van der Waals surface area contributed by atoms with Crippen molar-refractivity contribution in [1.29, 1.82) is 0 Å². The van der Waals surface area contributed by atoms with Crippen LogP contribution in [0.2, 0.25) is 5.02 Å². The maximum Gasteiger partial charge on any atom is 0.191 e. The molecule has 0 atom stereocenters. The summed E-state index contributed by atoms with van der Waals surface area (Å²) in [6.07, 6.45) is 1.22. The van der Waals surface area contributed by atoms with Gasteiger partial charge in [-0.15, -0.1) is 0 Å². The smallest absolute Gasteiger partial charge is 0.191 e. The van der Waals surface area contributed by atoms with Crippen LogP contribution in [0.25, 0.3) is 0 Å². The van der Waals surface area contributed by atoms with Crippen LogP contribution < -0.4 is 10.6 Å². The third kappa shape index (κ3) is 5.47. The Bertz CT molecular complexity index is 880. The van der Waals surface area contributed by atoms with Crippen molar-refractivity contribution in [3.8, 4) is 0 Å². The number of benzene rings is 2. The number of nitrogens with one attached hydrogen (secondary N) is 2. The first-order valence-electron chi connectivity index (χ1n) is 7.79. The largest absolute Gasteiger partial charge is 0.352 e. The van der Waals surface area contributed by atoms with Crippen LogP contribution in [0.4, 0.5) is 0 Å². The molecule has 2 aromatic rings. The van der Waals surface area contributed by atoms with Crippen molar-refractivity contribution in [3.05, 3.63) is 64.2 Å². The number of nitrogens with zero attached hydrogens (tertiary/aromatic N) is 1. The van der Waals surface area contributed by atoms with Crippen molar-refractivity contribution in [3.63, 3.8) is 0 Å². The van der Waals surface area contributed by atoms with Gasteiger partial charge in [-0.2, -0.15) is 0 Å². The van der Waals surface area contributed by atoms with Crippen LogP contribution in [0.1, 0.15) is 16.7 Å². The minimum atomic E-state index is -3.20. The molecule has 0 heterocycles. The van der Waals surface area contributed by atoms with E-state index in [-0.39, 0.29) is 0 Å². The Hall–Kier alpha value is -2.05. The number of guanidine groups is 1. The van der Waals surface area contributed by atoms with Crippen molar-refractivity contribution in [2.24, 2.45) is 4.99 Å². The number of aliphatic imine (C=N–C) groups is 1. The summed E-state index contributed by atoms with van der Waals surface area (Å²) in [5.74, 6) is 0.643. The highest BCUT2D eigenvalue weighted by atomic mass is 35.5. The molecule has 0 fully saturated rings. The molecule has 2 aromatic carbocycles. The molecule has 0 aliphatic carbocycles. The second-order valence-electron chi connectivity index (χ2n) is 5.74. The van der Waals surface area contributed by atoms with Gasteiger partial charge in [0.1, 0.15) is 0 Å². The summed E-state index contributed by atoms with van der Waals surface area (Å²) in [6.45, 7) is 2.89. The first kappa shape index (κ1) is 19.3. The molecule has 7 heteroatoms. The lowest BCUT2D eigenvalue weighted by molar-refractivity contribution is 0.601. The van der Waals surface area contributed by atoms with Crippen LogP contribution in [0.5, 0.6) is 0 Å². The molecule has 0 aliphatic heterocycles. The van der Waals surface area contributed by atoms with Crippen LogP contribution >= 0.6 is 11.6 Å². The lowest BCUT2D eigenvalue weighted by Crippen LogP contribution is -2.36. The average Bonchev–Trinajstić information content (AvgIpc) is 2.55. The second kappa shape index (κ2) is 8.36. The Morgan fingerprint density at radius 1 is 1.12 bits per heavy atom. The van der Waals surface area contributed by atoms with Gasteiger partial charge in [0.05, 0.1) is 4.90 Å². The number of rotatable bonds is 5. The van der Waals surface area contributed by atoms with Gasteiger partial charge in [-0.3, -0.25) is 4.99 Å². The van der Waals surface area contributed by atoms with Crippen molar-refractivity contribution >= 4 is 27.4 Å². The van der Waals surface area contributed by atoms with E-state index in [1.165, 1.54) is 6.26 Å². The zero-order chi connectivity index (χ0) is 18.4. The standard InChI is InChI=1S/C18H22ClN3O2S/c1-13-10-14(8-9-17(13)25(3,23)24)11-21-18(20-2)22-12-15-6-4-5-7-16(15)19/h4-10H,11-12H2,1-3H3,(H2,20,21,22). The van der Waals surface area contributed by atoms with Crippen molar-refractivity contribution in [2.75, 3.05) is 13.3 Å². The fourth-order valence-corrected chi connectivity index (χ4v) is 3.63. The minimum Gasteiger partial charge on any atom is -0.352 e. The highest BCUT2D eigenvalue weighted by Gasteiger charge is 2.11. The van der Waals surface area contributed by atoms with Gasteiger partial charge in [0.2, 0.25) is 0 Å². The first-order valence-corrected chi connectivity index (χ1v) is 10.1. The van der Waals surface area contributed by atoms with E-state index < -0.39 is 9.84 Å². The maximum atomic E-state index is 11.7. The number of hydrogen-bond acceptors (Lipinski definition) is 3. The molecule has 0 spiro atoms. The molecule has 2 rings (SSSR count). The van der Waals surface area contributed by atoms with Gasteiger partial charge >= 0.3 is 0 Å². The lowest BCUT2D eigenvalue weighted by Gasteiger charge is -2.13. The Labute approximate surface area is 154 Å². The molecule has 0 saturated carbocycles. The van der Waals surface area contributed by atoms with E-state index in [4.69, 9.17) is 11.6 Å². The topological polar surface area (TPSA) is 70.6 Å². The average molecular weight is 380 g/mol. The van der Waals surface area contributed by atoms with E-state index in [0.717, 1.165) is 16.7 Å². The minimum absolute atomic E-state index is 0.359. The molecule has 5 nitrogen and oxygen atoms in total. The summed E-state index contributed by atoms with van der Waals surface area (Å²) in [5.41, 5.74) is 2.70. The van der Waals surface area contributed by atoms with Crippen LogP contribution in [-0.4, -0.2) is 27.7 Å². The molecule has 0 aromatic heterocycles. The first-order chi connectivity index (χ1) is 11.8. The van der Waals surface area contributed by atoms with Crippen LogP contribution in [0, 0.1) is 6.92 Å². The van der Waals surface area contributed by atoms with E-state index in [2.05, 4.69) is 15.6 Å². The number of halogens is 1. The Morgan fingerprint density at radius 2 is 1.80 bits per heavy atom. The SMILES string of the molecule is CN=C(NCc1ccc(S(C)(=O)=O)c(C)c1)NCc1ccccc1Cl. The van der Waals surface area contributed by atoms with Gasteiger partial charge in [-0.1, -0.05) is 41.9 Å². The molecule has 0 bridgehead atoms. The van der Waals surface area contributed by atoms with Gasteiger partial charge in [-0.05, 0) is 35.7 Å². The van der Waals surface area contributed by atoms with E-state index in [1.807, 2.05) is 30.3 Å². The van der Waals surface area contributed by atoms with Crippen LogP contribution in [0.15, 0.2) is 52.4 Å². The zero-order valence-electron chi connectivity index (χ0n) is 14.5. The van der Waals surface area contributed by atoms with Crippen molar-refractivity contribution < 1.29 is 8.42 Å². The molecular formula is C18H22ClN3O2S. The maximum absolute atomic E-state index is 11.7. The van der Waals surface area contributed by atoms with E-state index in [1.54, 1.807) is 26.1 Å². The van der Waals surface area contributed by atoms with Gasteiger partial charge in [-0.25, -0.2) is 8.42 Å². The van der Waals surface area contributed by atoms with Gasteiger partial charge < -0.3 is 10.6 Å². The fraction of sp³-hybridized carbons (Fsp3) is 0.278. The summed E-state index contributed by atoms with van der Waals surface area (Å²) >= 11 is 6.14. The number of sulfone groups is 1. The van der Waals surface area contributed by atoms with E-state index in [0.29, 0.717) is 29.0 Å². The molecular weight excluding hydrogens is 358 g/mol. The summed E-state index contributed by atoms with van der Waals surface area (Å²) in [7, 11) is -1.50. The highest BCUT2D eigenvalue weighted by molar-refractivity contribution is 7.90. The molecule has 0 aliphatic rings. The van der Waals surface area contributed by atoms with Gasteiger partial charge in [0.25, 0.3) is 0 Å². The third-order valence-corrected chi connectivity index (χ3v) is 5.35. The molecule has 25 heavy (non-hydrogen) atoms. The molecule has 0 saturated heterocycles. The highest BCUT2D eigenvalue weighted by Crippen LogP contribution is 2.17. The monoisotopic (exact) mass is 379 g/mol. The Balaban J connectivity index is 1.97. The fourth-order valence-electron chi connectivity index (χ4n) is 2.46. The number of hydrogen-bond donors (Lipinski definition) is 2. The second-order valence-corrected chi connectivity index (χ2v) is 8.13. The summed E-state index contributed by atoms with van der Waals surface area (Å²) in [6, 6.07) is 12.9. The van der Waals surface area contributed by atoms with Crippen LogP contribution in [0.3, 0.4) is 0 Å². The third-order valence-electron chi connectivity index (χ3n) is 3.73. The molecule has 134 valence electrons. The predicted molar refractivity (Wildman–Crippen MR) is 103 cm³/mol. The van der Waals surface area contributed by atoms with E-state index >= 15 is 0 Å². The quantitative estimate of drug-likeness (QED) is 0.619. The summed E-state index contributed by atoms with van der Waals surface area (Å²) in [4.78, 5) is 4.54. The predicted octanol–water partition coefficient (Wildman–Crippen LogP) is 2.92. The van der Waals surface area contributed by atoms with Crippen molar-refractivity contribution in [2.45, 2.75) is 24.9 Å². The van der Waals surface area contributed by atoms with Gasteiger partial charge in [0, 0.05) is 31.4 Å². The molecule has 0 amide bonds. The zero-order valence-corrected chi connectivity index (χ0v) is 16.1. The molecule has 0 unspecified atom stereocenters. The van der Waals surface area contributed by atoms with Crippen molar-refractivity contribution in [1.82, 2.24) is 10.6 Å². The molecule has 0 radical (unpaired) electrons. The van der Waals surface area contributed by atoms with Crippen LogP contribution in [-0.2, 0) is 22.9 Å². The normalized spacial score (nSPS) is 12.1.